The Bertz CT molecular complexity index is 683. The molecular formula is C18H24N4O3. The summed E-state index contributed by atoms with van der Waals surface area (Å²) in [5, 5.41) is 2.49. The molecule has 0 spiro atoms. The first-order valence-corrected chi connectivity index (χ1v) is 8.50. The number of amides is 4. The van der Waals surface area contributed by atoms with Gasteiger partial charge in [-0.1, -0.05) is 26.0 Å². The largest absolute Gasteiger partial charge is 0.338 e. The third-order valence-electron chi connectivity index (χ3n) is 5.08. The Morgan fingerprint density at radius 1 is 1.28 bits per heavy atom. The van der Waals surface area contributed by atoms with Crippen molar-refractivity contribution in [3.8, 4) is 0 Å². The number of nitrogens with two attached hydrogens (primary N) is 1. The Morgan fingerprint density at radius 2 is 1.96 bits per heavy atom. The lowest BCUT2D eigenvalue weighted by atomic mass is 9.79. The molecule has 3 rings (SSSR count). The molecule has 2 aliphatic rings. The number of carbonyl (C=O) groups excluding carboxylic acids is 3. The molecule has 2 heterocycles. The highest BCUT2D eigenvalue weighted by Gasteiger charge is 2.35. The monoisotopic (exact) mass is 344 g/mol. The maximum absolute atomic E-state index is 12.7. The molecule has 7 heteroatoms. The van der Waals surface area contributed by atoms with Gasteiger partial charge in [0, 0.05) is 24.7 Å². The van der Waals surface area contributed by atoms with E-state index >= 15 is 0 Å². The molecule has 2 aliphatic heterocycles. The molecule has 134 valence electrons. The van der Waals surface area contributed by atoms with Gasteiger partial charge in [-0.3, -0.25) is 14.5 Å². The average Bonchev–Trinajstić information content (AvgIpc) is 2.89. The fourth-order valence-corrected chi connectivity index (χ4v) is 3.28. The number of piperidine rings is 1. The second-order valence-electron chi connectivity index (χ2n) is 7.45. The summed E-state index contributed by atoms with van der Waals surface area (Å²) in [6.07, 6.45) is 0.795. The first-order valence-electron chi connectivity index (χ1n) is 8.50. The third kappa shape index (κ3) is 3.51. The predicted octanol–water partition coefficient (Wildman–Crippen LogP) is 0.938. The van der Waals surface area contributed by atoms with Gasteiger partial charge in [-0.05, 0) is 29.5 Å². The Morgan fingerprint density at radius 3 is 2.52 bits per heavy atom. The smallest absolute Gasteiger partial charge is 0.324 e. The summed E-state index contributed by atoms with van der Waals surface area (Å²) in [4.78, 5) is 38.9. The van der Waals surface area contributed by atoms with Gasteiger partial charge in [-0.15, -0.1) is 0 Å². The minimum Gasteiger partial charge on any atom is -0.338 e. The van der Waals surface area contributed by atoms with Crippen molar-refractivity contribution in [3.05, 3.63) is 35.4 Å². The van der Waals surface area contributed by atoms with Crippen LogP contribution in [0.2, 0.25) is 0 Å². The predicted molar refractivity (Wildman–Crippen MR) is 92.7 cm³/mol. The highest BCUT2D eigenvalue weighted by molar-refractivity contribution is 6.01. The summed E-state index contributed by atoms with van der Waals surface area (Å²) in [5.41, 5.74) is 7.44. The van der Waals surface area contributed by atoms with E-state index in [0.29, 0.717) is 18.7 Å². The third-order valence-corrected chi connectivity index (χ3v) is 5.08. The topological polar surface area (TPSA) is 95.7 Å². The first kappa shape index (κ1) is 17.4. The van der Waals surface area contributed by atoms with Crippen molar-refractivity contribution in [2.45, 2.75) is 32.9 Å². The van der Waals surface area contributed by atoms with E-state index in [9.17, 15) is 14.4 Å². The highest BCUT2D eigenvalue weighted by atomic mass is 16.2. The van der Waals surface area contributed by atoms with Crippen LogP contribution in [-0.2, 0) is 11.3 Å². The summed E-state index contributed by atoms with van der Waals surface area (Å²) in [7, 11) is 0. The number of nitrogens with one attached hydrogen (secondary N) is 1. The standard InChI is InChI=1S/C18H24N4O3/c1-18(2)11-21(8-7-14(18)19)16(24)13-5-3-12(4-6-13)10-22-15(23)9-20-17(22)25/h3-6,14H,7-11,19H2,1-2H3,(H,20,25). The molecule has 1 aromatic rings. The number of hydrogen-bond donors (Lipinski definition) is 2. The summed E-state index contributed by atoms with van der Waals surface area (Å²) in [6, 6.07) is 6.79. The van der Waals surface area contributed by atoms with Gasteiger partial charge >= 0.3 is 6.03 Å². The molecule has 2 fully saturated rings. The molecule has 25 heavy (non-hydrogen) atoms. The molecule has 0 bridgehead atoms. The van der Waals surface area contributed by atoms with Crippen LogP contribution in [0.15, 0.2) is 24.3 Å². The molecule has 0 aromatic heterocycles. The number of rotatable bonds is 3. The molecule has 1 aromatic carbocycles. The second-order valence-corrected chi connectivity index (χ2v) is 7.45. The van der Waals surface area contributed by atoms with E-state index in [1.165, 1.54) is 4.90 Å². The molecule has 1 atom stereocenters. The lowest BCUT2D eigenvalue weighted by Crippen LogP contribution is -2.54. The van der Waals surface area contributed by atoms with Crippen LogP contribution in [-0.4, -0.2) is 53.3 Å². The Balaban J connectivity index is 1.67. The Labute approximate surface area is 147 Å². The zero-order valence-electron chi connectivity index (χ0n) is 14.6. The fourth-order valence-electron chi connectivity index (χ4n) is 3.28. The van der Waals surface area contributed by atoms with Crippen LogP contribution in [0.3, 0.4) is 0 Å². The van der Waals surface area contributed by atoms with Crippen LogP contribution >= 0.6 is 0 Å². The number of benzene rings is 1. The SMILES string of the molecule is CC1(C)CN(C(=O)c2ccc(CN3C(=O)CNC3=O)cc2)CCC1N. The normalized spacial score (nSPS) is 22.9. The fraction of sp³-hybridized carbons (Fsp3) is 0.500. The number of nitrogens with zero attached hydrogens (tertiary/aromatic N) is 2. The van der Waals surface area contributed by atoms with E-state index in [0.717, 1.165) is 12.0 Å². The van der Waals surface area contributed by atoms with Crippen LogP contribution in [0.5, 0.6) is 0 Å². The van der Waals surface area contributed by atoms with Crippen molar-refractivity contribution in [1.29, 1.82) is 0 Å². The van der Waals surface area contributed by atoms with E-state index in [1.54, 1.807) is 24.3 Å². The molecule has 0 radical (unpaired) electrons. The Kier molecular flexibility index (Phi) is 4.51. The van der Waals surface area contributed by atoms with Crippen molar-refractivity contribution in [3.63, 3.8) is 0 Å². The van der Waals surface area contributed by atoms with Crippen LogP contribution in [0.1, 0.15) is 36.2 Å². The summed E-state index contributed by atoms with van der Waals surface area (Å²) >= 11 is 0. The maximum atomic E-state index is 12.7. The van der Waals surface area contributed by atoms with E-state index in [1.807, 2.05) is 4.90 Å². The minimum atomic E-state index is -0.378. The van der Waals surface area contributed by atoms with E-state index < -0.39 is 0 Å². The van der Waals surface area contributed by atoms with Gasteiger partial charge in [-0.25, -0.2) is 4.79 Å². The van der Waals surface area contributed by atoms with Gasteiger partial charge in [0.2, 0.25) is 5.91 Å². The van der Waals surface area contributed by atoms with Crippen molar-refractivity contribution < 1.29 is 14.4 Å². The van der Waals surface area contributed by atoms with Gasteiger partial charge in [0.1, 0.15) is 0 Å². The number of imide groups is 1. The summed E-state index contributed by atoms with van der Waals surface area (Å²) in [5.74, 6) is -0.251. The van der Waals surface area contributed by atoms with Gasteiger partial charge in [-0.2, -0.15) is 0 Å². The van der Waals surface area contributed by atoms with Gasteiger partial charge < -0.3 is 16.0 Å². The number of urea groups is 1. The number of carbonyl (C=O) groups is 3. The van der Waals surface area contributed by atoms with Gasteiger partial charge in [0.25, 0.3) is 5.91 Å². The minimum absolute atomic E-state index is 0.0125. The van der Waals surface area contributed by atoms with Crippen molar-refractivity contribution in [2.24, 2.45) is 11.1 Å². The molecule has 4 amide bonds. The molecule has 2 saturated heterocycles. The summed E-state index contributed by atoms with van der Waals surface area (Å²) in [6.45, 7) is 5.72. The highest BCUT2D eigenvalue weighted by Crippen LogP contribution is 2.28. The van der Waals surface area contributed by atoms with E-state index in [2.05, 4.69) is 19.2 Å². The van der Waals surface area contributed by atoms with Crippen LogP contribution in [0.25, 0.3) is 0 Å². The maximum Gasteiger partial charge on any atom is 0.324 e. The quantitative estimate of drug-likeness (QED) is 0.798. The lowest BCUT2D eigenvalue weighted by Gasteiger charge is -2.42. The molecule has 7 nitrogen and oxygen atoms in total. The summed E-state index contributed by atoms with van der Waals surface area (Å²) < 4.78 is 0. The zero-order valence-corrected chi connectivity index (χ0v) is 14.6. The molecular weight excluding hydrogens is 320 g/mol. The molecule has 0 saturated carbocycles. The average molecular weight is 344 g/mol. The van der Waals surface area contributed by atoms with Crippen LogP contribution in [0, 0.1) is 5.41 Å². The Hall–Kier alpha value is -2.41. The molecule has 3 N–H and O–H groups in total. The van der Waals surface area contributed by atoms with Crippen molar-refractivity contribution in [2.75, 3.05) is 19.6 Å². The first-order chi connectivity index (χ1) is 11.8. The zero-order chi connectivity index (χ0) is 18.2. The second kappa shape index (κ2) is 6.48. The van der Waals surface area contributed by atoms with Crippen molar-refractivity contribution >= 4 is 17.8 Å². The molecule has 1 unspecified atom stereocenters. The van der Waals surface area contributed by atoms with Gasteiger partial charge in [0.15, 0.2) is 0 Å². The van der Waals surface area contributed by atoms with Crippen LogP contribution < -0.4 is 11.1 Å². The van der Waals surface area contributed by atoms with Crippen molar-refractivity contribution in [1.82, 2.24) is 15.1 Å². The lowest BCUT2D eigenvalue weighted by molar-refractivity contribution is -0.125. The van der Waals surface area contributed by atoms with Crippen LogP contribution in [0.4, 0.5) is 4.79 Å². The van der Waals surface area contributed by atoms with Gasteiger partial charge in [0.05, 0.1) is 13.1 Å². The number of hydrogen-bond acceptors (Lipinski definition) is 4. The van der Waals surface area contributed by atoms with E-state index in [4.69, 9.17) is 5.73 Å². The molecule has 0 aliphatic carbocycles. The number of likely N-dealkylation sites (tertiary alicyclic amines) is 1. The van der Waals surface area contributed by atoms with E-state index in [-0.39, 0.29) is 42.4 Å².